The molecule has 1 aliphatic rings. The molecule has 0 aromatic rings. The average Bonchev–Trinajstić information content (AvgIpc) is 2.54. The van der Waals surface area contributed by atoms with Gasteiger partial charge in [0.25, 0.3) is 0 Å². The zero-order valence-electron chi connectivity index (χ0n) is 8.92. The maximum absolute atomic E-state index is 9.61. The lowest BCUT2D eigenvalue weighted by molar-refractivity contribution is 0.129. The summed E-state index contributed by atoms with van der Waals surface area (Å²) >= 11 is 0. The van der Waals surface area contributed by atoms with Crippen LogP contribution in [0, 0.1) is 5.92 Å². The van der Waals surface area contributed by atoms with Gasteiger partial charge in [-0.05, 0) is 31.6 Å². The second kappa shape index (κ2) is 5.61. The highest BCUT2D eigenvalue weighted by Crippen LogP contribution is 2.24. The number of hydrogen-bond acceptors (Lipinski definition) is 2. The SMILES string of the molecule is CCC(CC)NCC1CCCC1O. The maximum atomic E-state index is 9.61. The van der Waals surface area contributed by atoms with Crippen molar-refractivity contribution in [1.82, 2.24) is 5.32 Å². The van der Waals surface area contributed by atoms with Crippen LogP contribution in [0.25, 0.3) is 0 Å². The predicted octanol–water partition coefficient (Wildman–Crippen LogP) is 1.93. The van der Waals surface area contributed by atoms with E-state index in [-0.39, 0.29) is 6.10 Å². The normalized spacial score (nSPS) is 28.6. The second-order valence-corrected chi connectivity index (χ2v) is 4.18. The van der Waals surface area contributed by atoms with Crippen molar-refractivity contribution < 1.29 is 5.11 Å². The highest BCUT2D eigenvalue weighted by Gasteiger charge is 2.24. The first-order valence-corrected chi connectivity index (χ1v) is 5.69. The first-order chi connectivity index (χ1) is 6.27. The fraction of sp³-hybridized carbons (Fsp3) is 1.00. The first-order valence-electron chi connectivity index (χ1n) is 5.69. The highest BCUT2D eigenvalue weighted by molar-refractivity contribution is 4.79. The molecule has 2 atom stereocenters. The van der Waals surface area contributed by atoms with Crippen molar-refractivity contribution in [3.63, 3.8) is 0 Å². The number of hydrogen-bond donors (Lipinski definition) is 2. The molecule has 1 fully saturated rings. The van der Waals surface area contributed by atoms with Crippen LogP contribution in [0.2, 0.25) is 0 Å². The Bertz CT molecular complexity index is 134. The molecule has 0 spiro atoms. The fourth-order valence-corrected chi connectivity index (χ4v) is 2.15. The minimum Gasteiger partial charge on any atom is -0.393 e. The van der Waals surface area contributed by atoms with Crippen LogP contribution in [0.3, 0.4) is 0 Å². The molecule has 2 N–H and O–H groups in total. The van der Waals surface area contributed by atoms with E-state index >= 15 is 0 Å². The van der Waals surface area contributed by atoms with Crippen molar-refractivity contribution in [2.45, 2.75) is 58.1 Å². The summed E-state index contributed by atoms with van der Waals surface area (Å²) in [6, 6.07) is 0.646. The molecule has 1 aliphatic carbocycles. The molecule has 2 heteroatoms. The van der Waals surface area contributed by atoms with E-state index < -0.39 is 0 Å². The lowest BCUT2D eigenvalue weighted by atomic mass is 10.0. The van der Waals surface area contributed by atoms with Crippen molar-refractivity contribution in [2.24, 2.45) is 5.92 Å². The topological polar surface area (TPSA) is 32.3 Å². The molecular weight excluding hydrogens is 162 g/mol. The molecule has 1 saturated carbocycles. The summed E-state index contributed by atoms with van der Waals surface area (Å²) in [4.78, 5) is 0. The van der Waals surface area contributed by atoms with Gasteiger partial charge in [0.15, 0.2) is 0 Å². The minimum atomic E-state index is -0.0399. The van der Waals surface area contributed by atoms with Gasteiger partial charge < -0.3 is 10.4 Å². The van der Waals surface area contributed by atoms with Gasteiger partial charge in [-0.2, -0.15) is 0 Å². The van der Waals surface area contributed by atoms with Crippen molar-refractivity contribution in [2.75, 3.05) is 6.54 Å². The van der Waals surface area contributed by atoms with Crippen molar-refractivity contribution in [3.05, 3.63) is 0 Å². The average molecular weight is 185 g/mol. The van der Waals surface area contributed by atoms with Crippen LogP contribution in [0.1, 0.15) is 46.0 Å². The van der Waals surface area contributed by atoms with E-state index in [1.165, 1.54) is 25.7 Å². The van der Waals surface area contributed by atoms with Crippen molar-refractivity contribution >= 4 is 0 Å². The summed E-state index contributed by atoms with van der Waals surface area (Å²) in [5.74, 6) is 0.514. The molecule has 0 aliphatic heterocycles. The third kappa shape index (κ3) is 3.28. The molecule has 0 saturated heterocycles. The van der Waals surface area contributed by atoms with Crippen LogP contribution in [-0.2, 0) is 0 Å². The monoisotopic (exact) mass is 185 g/mol. The summed E-state index contributed by atoms with van der Waals surface area (Å²) in [6.45, 7) is 5.44. The number of aliphatic hydroxyl groups excluding tert-OH is 1. The third-order valence-electron chi connectivity index (χ3n) is 3.27. The zero-order chi connectivity index (χ0) is 9.68. The lowest BCUT2D eigenvalue weighted by Crippen LogP contribution is -2.34. The fourth-order valence-electron chi connectivity index (χ4n) is 2.15. The summed E-state index contributed by atoms with van der Waals surface area (Å²) in [7, 11) is 0. The molecule has 2 unspecified atom stereocenters. The molecule has 1 rings (SSSR count). The highest BCUT2D eigenvalue weighted by atomic mass is 16.3. The van der Waals surface area contributed by atoms with Gasteiger partial charge >= 0.3 is 0 Å². The van der Waals surface area contributed by atoms with Crippen LogP contribution in [0.5, 0.6) is 0 Å². The van der Waals surface area contributed by atoms with Gasteiger partial charge in [0.1, 0.15) is 0 Å². The molecule has 0 aromatic heterocycles. The Morgan fingerprint density at radius 3 is 2.46 bits per heavy atom. The van der Waals surface area contributed by atoms with Crippen LogP contribution in [0.4, 0.5) is 0 Å². The Hall–Kier alpha value is -0.0800. The van der Waals surface area contributed by atoms with Crippen LogP contribution in [0.15, 0.2) is 0 Å². The van der Waals surface area contributed by atoms with Gasteiger partial charge in [0, 0.05) is 12.6 Å². The Kier molecular flexibility index (Phi) is 4.74. The van der Waals surface area contributed by atoms with Gasteiger partial charge in [0.2, 0.25) is 0 Å². The molecule has 0 aromatic carbocycles. The molecule has 0 bridgehead atoms. The maximum Gasteiger partial charge on any atom is 0.0580 e. The van der Waals surface area contributed by atoms with E-state index in [1.54, 1.807) is 0 Å². The van der Waals surface area contributed by atoms with Crippen LogP contribution in [-0.4, -0.2) is 23.8 Å². The van der Waals surface area contributed by atoms with Gasteiger partial charge in [-0.1, -0.05) is 20.3 Å². The molecule has 0 radical (unpaired) electrons. The number of rotatable bonds is 5. The van der Waals surface area contributed by atoms with Gasteiger partial charge in [0.05, 0.1) is 6.10 Å². The smallest absolute Gasteiger partial charge is 0.0580 e. The predicted molar refractivity (Wildman–Crippen MR) is 55.7 cm³/mol. The quantitative estimate of drug-likeness (QED) is 0.686. The van der Waals surface area contributed by atoms with Gasteiger partial charge in [-0.3, -0.25) is 0 Å². The minimum absolute atomic E-state index is 0.0399. The molecule has 0 amide bonds. The van der Waals surface area contributed by atoms with E-state index in [2.05, 4.69) is 19.2 Å². The Labute approximate surface area is 81.7 Å². The summed E-state index contributed by atoms with van der Waals surface area (Å²) in [6.07, 6.45) is 5.76. The summed E-state index contributed by atoms with van der Waals surface area (Å²) in [5, 5.41) is 13.1. The summed E-state index contributed by atoms with van der Waals surface area (Å²) in [5.41, 5.74) is 0. The molecule has 2 nitrogen and oxygen atoms in total. The molecule has 78 valence electrons. The van der Waals surface area contributed by atoms with Gasteiger partial charge in [-0.25, -0.2) is 0 Å². The Morgan fingerprint density at radius 1 is 1.31 bits per heavy atom. The van der Waals surface area contributed by atoms with Crippen molar-refractivity contribution in [1.29, 1.82) is 0 Å². The lowest BCUT2D eigenvalue weighted by Gasteiger charge is -2.20. The number of nitrogens with one attached hydrogen (secondary N) is 1. The Balaban J connectivity index is 2.17. The van der Waals surface area contributed by atoms with Crippen LogP contribution >= 0.6 is 0 Å². The van der Waals surface area contributed by atoms with Crippen LogP contribution < -0.4 is 5.32 Å². The second-order valence-electron chi connectivity index (χ2n) is 4.18. The molecular formula is C11H23NO. The largest absolute Gasteiger partial charge is 0.393 e. The molecule has 0 heterocycles. The van der Waals surface area contributed by atoms with E-state index in [9.17, 15) is 5.11 Å². The van der Waals surface area contributed by atoms with E-state index in [0.29, 0.717) is 12.0 Å². The standard InChI is InChI=1S/C11H23NO/c1-3-10(4-2)12-8-9-6-5-7-11(9)13/h9-13H,3-8H2,1-2H3. The van der Waals surface area contributed by atoms with E-state index in [1.807, 2.05) is 0 Å². The molecule has 13 heavy (non-hydrogen) atoms. The third-order valence-corrected chi connectivity index (χ3v) is 3.27. The van der Waals surface area contributed by atoms with E-state index in [0.717, 1.165) is 13.0 Å². The zero-order valence-corrected chi connectivity index (χ0v) is 8.92. The van der Waals surface area contributed by atoms with Crippen molar-refractivity contribution in [3.8, 4) is 0 Å². The first kappa shape index (κ1) is 11.0. The summed E-state index contributed by atoms with van der Waals surface area (Å²) < 4.78 is 0. The van der Waals surface area contributed by atoms with E-state index in [4.69, 9.17) is 0 Å². The van der Waals surface area contributed by atoms with Gasteiger partial charge in [-0.15, -0.1) is 0 Å². The number of aliphatic hydroxyl groups is 1. The Morgan fingerprint density at radius 2 is 2.00 bits per heavy atom.